The smallest absolute Gasteiger partial charge is 0.244 e. The van der Waals surface area contributed by atoms with E-state index in [1.165, 1.54) is 11.8 Å². The number of benzene rings is 2. The maximum Gasteiger partial charge on any atom is 0.244 e. The molecule has 0 radical (unpaired) electrons. The van der Waals surface area contributed by atoms with Crippen LogP contribution in [0.3, 0.4) is 0 Å². The molecule has 0 aromatic heterocycles. The Morgan fingerprint density at radius 1 is 1.08 bits per heavy atom. The highest BCUT2D eigenvalue weighted by Gasteiger charge is 2.14. The predicted octanol–water partition coefficient (Wildman–Crippen LogP) is 4.05. The first-order valence-electron chi connectivity index (χ1n) is 7.72. The molecule has 0 atom stereocenters. The maximum atomic E-state index is 12.2. The topological polar surface area (TPSA) is 49.4 Å². The number of rotatable bonds is 5. The molecule has 0 bridgehead atoms. The Bertz CT molecular complexity index is 742. The number of nitrogens with zero attached hydrogens (tertiary/aromatic N) is 1. The van der Waals surface area contributed by atoms with Crippen molar-refractivity contribution in [2.24, 2.45) is 0 Å². The van der Waals surface area contributed by atoms with Crippen LogP contribution in [0.25, 0.3) is 0 Å². The molecular formula is C19H21BrN2O2. The number of hydrogen-bond acceptors (Lipinski definition) is 2. The Kier molecular flexibility index (Phi) is 6.15. The Balaban J connectivity index is 2.01. The van der Waals surface area contributed by atoms with Gasteiger partial charge in [0.15, 0.2) is 0 Å². The van der Waals surface area contributed by atoms with Gasteiger partial charge in [0, 0.05) is 23.6 Å². The van der Waals surface area contributed by atoms with Crippen LogP contribution in [0.15, 0.2) is 46.9 Å². The first kappa shape index (κ1) is 18.2. The fourth-order valence-corrected chi connectivity index (χ4v) is 2.62. The minimum Gasteiger partial charge on any atom is -0.329 e. The summed E-state index contributed by atoms with van der Waals surface area (Å²) in [5.74, 6) is -0.344. The Labute approximate surface area is 151 Å². The van der Waals surface area contributed by atoms with E-state index < -0.39 is 0 Å². The van der Waals surface area contributed by atoms with Crippen molar-refractivity contribution >= 4 is 33.4 Å². The highest BCUT2D eigenvalue weighted by molar-refractivity contribution is 9.10. The third-order valence-electron chi connectivity index (χ3n) is 3.73. The number of hydrogen-bond donors (Lipinski definition) is 1. The first-order chi connectivity index (χ1) is 11.3. The maximum absolute atomic E-state index is 12.2. The molecular weight excluding hydrogens is 368 g/mol. The van der Waals surface area contributed by atoms with Gasteiger partial charge in [0.2, 0.25) is 11.8 Å². The number of nitrogens with one attached hydrogen (secondary N) is 1. The molecule has 0 heterocycles. The van der Waals surface area contributed by atoms with Crippen LogP contribution in [0.1, 0.15) is 23.6 Å². The minimum absolute atomic E-state index is 0.0225. The van der Waals surface area contributed by atoms with Crippen molar-refractivity contribution in [2.45, 2.75) is 27.3 Å². The van der Waals surface area contributed by atoms with Gasteiger partial charge in [-0.2, -0.15) is 0 Å². The zero-order valence-corrected chi connectivity index (χ0v) is 15.7. The largest absolute Gasteiger partial charge is 0.329 e. The highest BCUT2D eigenvalue weighted by Crippen LogP contribution is 2.20. The summed E-state index contributed by atoms with van der Waals surface area (Å²) in [4.78, 5) is 25.6. The molecule has 0 aliphatic carbocycles. The summed E-state index contributed by atoms with van der Waals surface area (Å²) in [6.45, 7) is 5.91. The van der Waals surface area contributed by atoms with Crippen molar-refractivity contribution in [1.82, 2.24) is 4.90 Å². The summed E-state index contributed by atoms with van der Waals surface area (Å²) in [7, 11) is 0. The zero-order chi connectivity index (χ0) is 17.7. The molecule has 2 rings (SSSR count). The third-order valence-corrected chi connectivity index (χ3v) is 4.58. The van der Waals surface area contributed by atoms with Crippen LogP contribution < -0.4 is 5.32 Å². The van der Waals surface area contributed by atoms with Gasteiger partial charge in [-0.3, -0.25) is 9.59 Å². The SMILES string of the molecule is CC(=O)N(CC(=O)Nc1ccc(C)c(Br)c1)Cc1ccc(C)cc1. The fourth-order valence-electron chi connectivity index (χ4n) is 2.24. The summed E-state index contributed by atoms with van der Waals surface area (Å²) in [5.41, 5.74) is 3.96. The summed E-state index contributed by atoms with van der Waals surface area (Å²) >= 11 is 3.44. The second-order valence-electron chi connectivity index (χ2n) is 5.87. The number of anilines is 1. The lowest BCUT2D eigenvalue weighted by atomic mass is 10.1. The number of halogens is 1. The van der Waals surface area contributed by atoms with Gasteiger partial charge < -0.3 is 10.2 Å². The molecule has 0 saturated heterocycles. The summed E-state index contributed by atoms with van der Waals surface area (Å²) in [5, 5.41) is 2.83. The molecule has 1 N–H and O–H groups in total. The number of aryl methyl sites for hydroxylation is 2. The number of amides is 2. The fraction of sp³-hybridized carbons (Fsp3) is 0.263. The van der Waals surface area contributed by atoms with Gasteiger partial charge in [-0.15, -0.1) is 0 Å². The van der Waals surface area contributed by atoms with Gasteiger partial charge >= 0.3 is 0 Å². The quantitative estimate of drug-likeness (QED) is 0.839. The standard InChI is InChI=1S/C19H21BrN2O2/c1-13-4-7-16(8-5-13)11-22(15(3)23)12-19(24)21-17-9-6-14(2)18(20)10-17/h4-10H,11-12H2,1-3H3,(H,21,24). The third kappa shape index (κ3) is 5.20. The molecule has 0 fully saturated rings. The lowest BCUT2D eigenvalue weighted by molar-refractivity contribution is -0.133. The van der Waals surface area contributed by atoms with Crippen LogP contribution in [0.4, 0.5) is 5.69 Å². The van der Waals surface area contributed by atoms with E-state index in [1.807, 2.05) is 56.3 Å². The molecule has 2 aromatic rings. The van der Waals surface area contributed by atoms with E-state index in [-0.39, 0.29) is 18.4 Å². The lowest BCUT2D eigenvalue weighted by Crippen LogP contribution is -2.36. The molecule has 0 aliphatic heterocycles. The molecule has 0 aliphatic rings. The van der Waals surface area contributed by atoms with Gasteiger partial charge in [0.1, 0.15) is 6.54 Å². The molecule has 0 unspecified atom stereocenters. The molecule has 24 heavy (non-hydrogen) atoms. The van der Waals surface area contributed by atoms with E-state index in [9.17, 15) is 9.59 Å². The van der Waals surface area contributed by atoms with Crippen molar-refractivity contribution in [2.75, 3.05) is 11.9 Å². The first-order valence-corrected chi connectivity index (χ1v) is 8.51. The number of carbonyl (C=O) groups excluding carboxylic acids is 2. The van der Waals surface area contributed by atoms with Crippen LogP contribution in [0.5, 0.6) is 0 Å². The average molecular weight is 389 g/mol. The molecule has 5 heteroatoms. The number of carbonyl (C=O) groups is 2. The van der Waals surface area contributed by atoms with Crippen molar-refractivity contribution in [1.29, 1.82) is 0 Å². The normalized spacial score (nSPS) is 10.3. The van der Waals surface area contributed by atoms with Crippen LogP contribution in [0.2, 0.25) is 0 Å². The van der Waals surface area contributed by atoms with E-state index in [0.717, 1.165) is 21.2 Å². The van der Waals surface area contributed by atoms with Gasteiger partial charge in [0.25, 0.3) is 0 Å². The lowest BCUT2D eigenvalue weighted by Gasteiger charge is -2.21. The second-order valence-corrected chi connectivity index (χ2v) is 6.73. The van der Waals surface area contributed by atoms with Crippen molar-refractivity contribution in [3.63, 3.8) is 0 Å². The highest BCUT2D eigenvalue weighted by atomic mass is 79.9. The molecule has 0 spiro atoms. The van der Waals surface area contributed by atoms with Crippen LogP contribution in [-0.4, -0.2) is 23.3 Å². The molecule has 2 aromatic carbocycles. The van der Waals surface area contributed by atoms with E-state index in [2.05, 4.69) is 21.2 Å². The molecule has 2 amide bonds. The summed E-state index contributed by atoms with van der Waals surface area (Å²) in [6, 6.07) is 13.6. The summed E-state index contributed by atoms with van der Waals surface area (Å²) < 4.78 is 0.934. The van der Waals surface area contributed by atoms with E-state index in [0.29, 0.717) is 12.2 Å². The second kappa shape index (κ2) is 8.11. The van der Waals surface area contributed by atoms with Crippen LogP contribution >= 0.6 is 15.9 Å². The molecule has 126 valence electrons. The van der Waals surface area contributed by atoms with Gasteiger partial charge in [0.05, 0.1) is 0 Å². The van der Waals surface area contributed by atoms with Crippen LogP contribution in [-0.2, 0) is 16.1 Å². The van der Waals surface area contributed by atoms with Crippen molar-refractivity contribution < 1.29 is 9.59 Å². The van der Waals surface area contributed by atoms with Gasteiger partial charge in [-0.05, 0) is 37.1 Å². The van der Waals surface area contributed by atoms with Crippen molar-refractivity contribution in [3.05, 3.63) is 63.6 Å². The predicted molar refractivity (Wildman–Crippen MR) is 99.8 cm³/mol. The van der Waals surface area contributed by atoms with Gasteiger partial charge in [-0.1, -0.05) is 51.8 Å². The Hall–Kier alpha value is -2.14. The Morgan fingerprint density at radius 2 is 1.75 bits per heavy atom. The van der Waals surface area contributed by atoms with E-state index in [1.54, 1.807) is 0 Å². The molecule has 4 nitrogen and oxygen atoms in total. The van der Waals surface area contributed by atoms with E-state index in [4.69, 9.17) is 0 Å². The van der Waals surface area contributed by atoms with Gasteiger partial charge in [-0.25, -0.2) is 0 Å². The molecule has 0 saturated carbocycles. The van der Waals surface area contributed by atoms with E-state index >= 15 is 0 Å². The van der Waals surface area contributed by atoms with Crippen molar-refractivity contribution in [3.8, 4) is 0 Å². The van der Waals surface area contributed by atoms with Crippen LogP contribution in [0, 0.1) is 13.8 Å². The average Bonchev–Trinajstić information content (AvgIpc) is 2.52. The monoisotopic (exact) mass is 388 g/mol. The zero-order valence-electron chi connectivity index (χ0n) is 14.1. The Morgan fingerprint density at radius 3 is 2.33 bits per heavy atom. The summed E-state index contributed by atoms with van der Waals surface area (Å²) in [6.07, 6.45) is 0. The minimum atomic E-state index is -0.215.